The third-order valence-electron chi connectivity index (χ3n) is 2.72. The summed E-state index contributed by atoms with van der Waals surface area (Å²) < 4.78 is 1.67. The number of hydrogen-bond acceptors (Lipinski definition) is 6. The minimum Gasteiger partial charge on any atom is -0.337 e. The van der Waals surface area contributed by atoms with Gasteiger partial charge in [0, 0.05) is 32.4 Å². The number of nitrogens with one attached hydrogen (secondary N) is 1. The van der Waals surface area contributed by atoms with Gasteiger partial charge in [0.25, 0.3) is 5.95 Å². The van der Waals surface area contributed by atoms with Gasteiger partial charge in [0.15, 0.2) is 5.82 Å². The largest absolute Gasteiger partial charge is 0.337 e. The van der Waals surface area contributed by atoms with Gasteiger partial charge >= 0.3 is 0 Å². The molecule has 1 fully saturated rings. The topological polar surface area (TPSA) is 71.8 Å². The van der Waals surface area contributed by atoms with Crippen LogP contribution >= 0.6 is 0 Å². The smallest absolute Gasteiger partial charge is 0.251 e. The first kappa shape index (κ1) is 10.2. The van der Waals surface area contributed by atoms with Gasteiger partial charge in [-0.15, -0.1) is 0 Å². The third kappa shape index (κ3) is 1.96. The molecule has 1 aliphatic heterocycles. The van der Waals surface area contributed by atoms with Crippen LogP contribution in [-0.4, -0.2) is 51.4 Å². The summed E-state index contributed by atoms with van der Waals surface area (Å²) in [5.74, 6) is 1.50. The SMILES string of the molecule is c1ccc(-n2nnnc2N2CCNCC2)nc1. The molecule has 2 aromatic heterocycles. The molecule has 0 radical (unpaired) electrons. The van der Waals surface area contributed by atoms with E-state index < -0.39 is 0 Å². The van der Waals surface area contributed by atoms with Gasteiger partial charge in [-0.2, -0.15) is 4.68 Å². The van der Waals surface area contributed by atoms with E-state index in [4.69, 9.17) is 0 Å². The molecule has 3 heterocycles. The van der Waals surface area contributed by atoms with Crippen LogP contribution in [0.3, 0.4) is 0 Å². The summed E-state index contributed by atoms with van der Waals surface area (Å²) in [5, 5.41) is 15.1. The fourth-order valence-corrected chi connectivity index (χ4v) is 1.87. The summed E-state index contributed by atoms with van der Waals surface area (Å²) >= 11 is 0. The maximum absolute atomic E-state index is 4.25. The molecule has 0 saturated carbocycles. The molecule has 7 nitrogen and oxygen atoms in total. The molecule has 0 unspecified atom stereocenters. The highest BCUT2D eigenvalue weighted by molar-refractivity contribution is 5.36. The lowest BCUT2D eigenvalue weighted by atomic mass is 10.4. The molecule has 0 atom stereocenters. The molecule has 0 aromatic carbocycles. The summed E-state index contributed by atoms with van der Waals surface area (Å²) in [6.45, 7) is 3.73. The maximum Gasteiger partial charge on any atom is 0.251 e. The van der Waals surface area contributed by atoms with E-state index in [0.29, 0.717) is 0 Å². The van der Waals surface area contributed by atoms with Gasteiger partial charge in [-0.05, 0) is 22.6 Å². The summed E-state index contributed by atoms with van der Waals surface area (Å²) in [6, 6.07) is 5.69. The highest BCUT2D eigenvalue weighted by Gasteiger charge is 2.18. The Morgan fingerprint density at radius 3 is 2.82 bits per heavy atom. The summed E-state index contributed by atoms with van der Waals surface area (Å²) in [6.07, 6.45) is 1.73. The molecule has 0 amide bonds. The zero-order valence-corrected chi connectivity index (χ0v) is 9.32. The van der Waals surface area contributed by atoms with Crippen LogP contribution in [0, 0.1) is 0 Å². The summed E-state index contributed by atoms with van der Waals surface area (Å²) in [5.41, 5.74) is 0. The van der Waals surface area contributed by atoms with Crippen LogP contribution in [0.2, 0.25) is 0 Å². The van der Waals surface area contributed by atoms with Crippen LogP contribution in [0.5, 0.6) is 0 Å². The predicted molar refractivity (Wildman–Crippen MR) is 62.0 cm³/mol. The Labute approximate surface area is 98.5 Å². The fourth-order valence-electron chi connectivity index (χ4n) is 1.87. The predicted octanol–water partition coefficient (Wildman–Crippen LogP) is -0.533. The van der Waals surface area contributed by atoms with Gasteiger partial charge in [0.2, 0.25) is 0 Å². The van der Waals surface area contributed by atoms with Crippen molar-refractivity contribution >= 4 is 5.95 Å². The zero-order chi connectivity index (χ0) is 11.5. The second-order valence-electron chi connectivity index (χ2n) is 3.82. The number of rotatable bonds is 2. The first-order valence-electron chi connectivity index (χ1n) is 5.60. The Bertz CT molecular complexity index is 474. The minimum atomic E-state index is 0.742. The quantitative estimate of drug-likeness (QED) is 0.749. The van der Waals surface area contributed by atoms with E-state index in [1.807, 2.05) is 18.2 Å². The van der Waals surface area contributed by atoms with Crippen LogP contribution in [0.1, 0.15) is 0 Å². The lowest BCUT2D eigenvalue weighted by Crippen LogP contribution is -2.44. The molecule has 0 spiro atoms. The monoisotopic (exact) mass is 231 g/mol. The Kier molecular flexibility index (Phi) is 2.66. The van der Waals surface area contributed by atoms with Crippen LogP contribution in [-0.2, 0) is 0 Å². The van der Waals surface area contributed by atoms with E-state index >= 15 is 0 Å². The van der Waals surface area contributed by atoms with Crippen molar-refractivity contribution in [2.75, 3.05) is 31.1 Å². The van der Waals surface area contributed by atoms with Crippen molar-refractivity contribution < 1.29 is 0 Å². The average molecular weight is 231 g/mol. The first-order valence-corrected chi connectivity index (χ1v) is 5.60. The second kappa shape index (κ2) is 4.46. The molecule has 0 aliphatic carbocycles. The van der Waals surface area contributed by atoms with Crippen molar-refractivity contribution in [2.24, 2.45) is 0 Å². The molecule has 2 aromatic rings. The number of nitrogens with zero attached hydrogens (tertiary/aromatic N) is 6. The number of hydrogen-bond donors (Lipinski definition) is 1. The van der Waals surface area contributed by atoms with E-state index in [9.17, 15) is 0 Å². The molecule has 7 heteroatoms. The standard InChI is InChI=1S/C10H13N7/c1-2-4-12-9(3-1)17-10(13-14-15-17)16-7-5-11-6-8-16/h1-4,11H,5-8H2. The van der Waals surface area contributed by atoms with Crippen molar-refractivity contribution in [3.63, 3.8) is 0 Å². The zero-order valence-electron chi connectivity index (χ0n) is 9.32. The van der Waals surface area contributed by atoms with Crippen molar-refractivity contribution in [3.05, 3.63) is 24.4 Å². The van der Waals surface area contributed by atoms with E-state index in [1.165, 1.54) is 0 Å². The molecule has 0 bridgehead atoms. The molecule has 88 valence electrons. The van der Waals surface area contributed by atoms with Crippen molar-refractivity contribution in [1.82, 2.24) is 30.5 Å². The normalized spacial score (nSPS) is 16.1. The highest BCUT2D eigenvalue weighted by atomic mass is 15.6. The minimum absolute atomic E-state index is 0.742. The van der Waals surface area contributed by atoms with Crippen LogP contribution in [0.4, 0.5) is 5.95 Å². The lowest BCUT2D eigenvalue weighted by molar-refractivity contribution is 0.574. The Hall–Kier alpha value is -2.02. The summed E-state index contributed by atoms with van der Waals surface area (Å²) in [4.78, 5) is 6.41. The third-order valence-corrected chi connectivity index (χ3v) is 2.72. The fraction of sp³-hybridized carbons (Fsp3) is 0.400. The Morgan fingerprint density at radius 1 is 1.18 bits per heavy atom. The van der Waals surface area contributed by atoms with Gasteiger partial charge in [0.1, 0.15) is 0 Å². The van der Waals surface area contributed by atoms with Crippen molar-refractivity contribution in [2.45, 2.75) is 0 Å². The summed E-state index contributed by atoms with van der Waals surface area (Å²) in [7, 11) is 0. The second-order valence-corrected chi connectivity index (χ2v) is 3.82. The number of anilines is 1. The van der Waals surface area contributed by atoms with E-state index in [-0.39, 0.29) is 0 Å². The molecular formula is C10H13N7. The molecular weight excluding hydrogens is 218 g/mol. The van der Waals surface area contributed by atoms with Crippen molar-refractivity contribution in [3.8, 4) is 5.82 Å². The number of tetrazole rings is 1. The average Bonchev–Trinajstić information content (AvgIpc) is 2.90. The molecule has 1 N–H and O–H groups in total. The lowest BCUT2D eigenvalue weighted by Gasteiger charge is -2.27. The Morgan fingerprint density at radius 2 is 2.06 bits per heavy atom. The first-order chi connectivity index (χ1) is 8.45. The van der Waals surface area contributed by atoms with Crippen molar-refractivity contribution in [1.29, 1.82) is 0 Å². The van der Waals surface area contributed by atoms with E-state index in [2.05, 4.69) is 30.7 Å². The van der Waals surface area contributed by atoms with Crippen LogP contribution in [0.25, 0.3) is 5.82 Å². The number of pyridine rings is 1. The molecule has 17 heavy (non-hydrogen) atoms. The molecule has 1 saturated heterocycles. The van der Waals surface area contributed by atoms with Crippen LogP contribution < -0.4 is 10.2 Å². The number of aromatic nitrogens is 5. The van der Waals surface area contributed by atoms with Crippen LogP contribution in [0.15, 0.2) is 24.4 Å². The van der Waals surface area contributed by atoms with Gasteiger partial charge in [-0.3, -0.25) is 0 Å². The molecule has 1 aliphatic rings. The van der Waals surface area contributed by atoms with Gasteiger partial charge in [-0.25, -0.2) is 4.98 Å². The van der Waals surface area contributed by atoms with Gasteiger partial charge in [-0.1, -0.05) is 11.2 Å². The van der Waals surface area contributed by atoms with E-state index in [1.54, 1.807) is 10.9 Å². The highest BCUT2D eigenvalue weighted by Crippen LogP contribution is 2.13. The van der Waals surface area contributed by atoms with E-state index in [0.717, 1.165) is 37.9 Å². The van der Waals surface area contributed by atoms with Gasteiger partial charge < -0.3 is 10.2 Å². The maximum atomic E-state index is 4.25. The molecule has 3 rings (SSSR count). The number of piperazine rings is 1. The Balaban J connectivity index is 1.93. The van der Waals surface area contributed by atoms with Gasteiger partial charge in [0.05, 0.1) is 0 Å².